The van der Waals surface area contributed by atoms with Gasteiger partial charge in [0.25, 0.3) is 0 Å². The maximum absolute atomic E-state index is 12.4. The van der Waals surface area contributed by atoms with E-state index in [0.29, 0.717) is 6.54 Å². The van der Waals surface area contributed by atoms with Gasteiger partial charge in [0.2, 0.25) is 5.91 Å². The second kappa shape index (κ2) is 8.67. The summed E-state index contributed by atoms with van der Waals surface area (Å²) in [6.45, 7) is 8.30. The summed E-state index contributed by atoms with van der Waals surface area (Å²) in [6, 6.07) is 14.3. The summed E-state index contributed by atoms with van der Waals surface area (Å²) in [5.74, 6) is 0.0278. The predicted molar refractivity (Wildman–Crippen MR) is 122 cm³/mol. The molecule has 0 saturated carbocycles. The lowest BCUT2D eigenvalue weighted by molar-refractivity contribution is -0.117. The summed E-state index contributed by atoms with van der Waals surface area (Å²) < 4.78 is 1.93. The molecule has 0 bridgehead atoms. The molecule has 1 amide bonds. The Balaban J connectivity index is 1.36. The number of aromatic nitrogens is 2. The fourth-order valence-corrected chi connectivity index (χ4v) is 3.74. The summed E-state index contributed by atoms with van der Waals surface area (Å²) in [4.78, 5) is 14.5. The van der Waals surface area contributed by atoms with E-state index in [1.54, 1.807) is 0 Å². The molecule has 0 unspecified atom stereocenters. The second-order valence-corrected chi connectivity index (χ2v) is 8.07. The fraction of sp³-hybridized carbons (Fsp3) is 0.280. The van der Waals surface area contributed by atoms with Gasteiger partial charge >= 0.3 is 0 Å². The van der Waals surface area contributed by atoms with Crippen molar-refractivity contribution < 1.29 is 4.79 Å². The van der Waals surface area contributed by atoms with Crippen LogP contribution in [0.3, 0.4) is 0 Å². The van der Waals surface area contributed by atoms with Crippen LogP contribution in [0.25, 0.3) is 11.3 Å². The molecule has 0 fully saturated rings. The molecule has 5 nitrogen and oxygen atoms in total. The van der Waals surface area contributed by atoms with Gasteiger partial charge in [0.15, 0.2) is 0 Å². The number of benzene rings is 2. The van der Waals surface area contributed by atoms with Crippen molar-refractivity contribution in [3.63, 3.8) is 0 Å². The monoisotopic (exact) mass is 400 g/mol. The number of amides is 1. The number of anilines is 1. The van der Waals surface area contributed by atoms with Gasteiger partial charge in [-0.2, -0.15) is 5.10 Å². The normalized spacial score (nSPS) is 14.4. The number of rotatable bonds is 5. The summed E-state index contributed by atoms with van der Waals surface area (Å²) in [6.07, 6.45) is 7.15. The molecule has 3 aromatic rings. The Labute approximate surface area is 178 Å². The van der Waals surface area contributed by atoms with E-state index < -0.39 is 0 Å². The Morgan fingerprint density at radius 1 is 1.10 bits per heavy atom. The van der Waals surface area contributed by atoms with Gasteiger partial charge in [0.1, 0.15) is 0 Å². The van der Waals surface area contributed by atoms with Crippen molar-refractivity contribution in [1.82, 2.24) is 14.7 Å². The molecular formula is C25H28N4O. The van der Waals surface area contributed by atoms with Gasteiger partial charge in [0, 0.05) is 30.5 Å². The van der Waals surface area contributed by atoms with Crippen molar-refractivity contribution in [3.8, 4) is 5.69 Å². The van der Waals surface area contributed by atoms with Crippen LogP contribution in [-0.2, 0) is 4.79 Å². The number of nitrogens with one attached hydrogen (secondary N) is 1. The third kappa shape index (κ3) is 4.69. The maximum Gasteiger partial charge on any atom is 0.238 e. The minimum atomic E-state index is 0.0278. The van der Waals surface area contributed by atoms with Crippen molar-refractivity contribution in [2.45, 2.75) is 27.2 Å². The molecule has 2 aromatic carbocycles. The van der Waals surface area contributed by atoms with Gasteiger partial charge in [-0.25, -0.2) is 4.68 Å². The molecule has 5 heteroatoms. The van der Waals surface area contributed by atoms with Gasteiger partial charge in [-0.05, 0) is 73.7 Å². The zero-order chi connectivity index (χ0) is 21.1. The average Bonchev–Trinajstić information content (AvgIpc) is 3.21. The van der Waals surface area contributed by atoms with E-state index >= 15 is 0 Å². The number of carbonyl (C=O) groups excluding carboxylic acids is 1. The lowest BCUT2D eigenvalue weighted by Gasteiger charge is -2.25. The minimum Gasteiger partial charge on any atom is -0.325 e. The van der Waals surface area contributed by atoms with Crippen LogP contribution in [0.2, 0.25) is 0 Å². The van der Waals surface area contributed by atoms with Crippen LogP contribution in [0.5, 0.6) is 0 Å². The van der Waals surface area contributed by atoms with Crippen molar-refractivity contribution >= 4 is 17.2 Å². The predicted octanol–water partition coefficient (Wildman–Crippen LogP) is 4.53. The van der Waals surface area contributed by atoms with E-state index in [1.807, 2.05) is 42.1 Å². The van der Waals surface area contributed by atoms with E-state index in [1.165, 1.54) is 16.7 Å². The van der Waals surface area contributed by atoms with Crippen LogP contribution in [0.1, 0.15) is 28.7 Å². The highest BCUT2D eigenvalue weighted by Gasteiger charge is 2.17. The van der Waals surface area contributed by atoms with E-state index in [4.69, 9.17) is 0 Å². The molecule has 4 rings (SSSR count). The quantitative estimate of drug-likeness (QED) is 0.685. The molecule has 0 radical (unpaired) electrons. The summed E-state index contributed by atoms with van der Waals surface area (Å²) in [7, 11) is 0. The van der Waals surface area contributed by atoms with E-state index in [0.717, 1.165) is 42.0 Å². The highest BCUT2D eigenvalue weighted by atomic mass is 16.2. The molecule has 2 heterocycles. The Morgan fingerprint density at radius 3 is 2.70 bits per heavy atom. The zero-order valence-corrected chi connectivity index (χ0v) is 17.9. The molecule has 0 saturated heterocycles. The molecule has 1 aliphatic heterocycles. The number of hydrogen-bond acceptors (Lipinski definition) is 3. The van der Waals surface area contributed by atoms with E-state index in [-0.39, 0.29) is 5.91 Å². The van der Waals surface area contributed by atoms with Gasteiger partial charge < -0.3 is 5.32 Å². The number of nitrogens with zero attached hydrogens (tertiary/aromatic N) is 3. The van der Waals surface area contributed by atoms with Crippen molar-refractivity contribution in [2.24, 2.45) is 0 Å². The first-order valence-electron chi connectivity index (χ1n) is 10.4. The third-order valence-electron chi connectivity index (χ3n) is 5.67. The molecule has 1 aliphatic rings. The van der Waals surface area contributed by atoms with Crippen LogP contribution in [0, 0.1) is 20.8 Å². The average molecular weight is 401 g/mol. The SMILES string of the molecule is Cc1cccc(NC(=O)CN2CC=C(c3cnn(-c4ccc(C)c(C)c4)c3)CC2)c1. The molecule has 1 aromatic heterocycles. The molecule has 0 aliphatic carbocycles. The number of carbonyl (C=O) groups is 1. The van der Waals surface area contributed by atoms with Crippen LogP contribution < -0.4 is 5.32 Å². The molecule has 0 spiro atoms. The Hall–Kier alpha value is -3.18. The van der Waals surface area contributed by atoms with E-state index in [2.05, 4.69) is 59.6 Å². The number of aryl methyl sites for hydroxylation is 3. The fourth-order valence-electron chi connectivity index (χ4n) is 3.74. The lowest BCUT2D eigenvalue weighted by Crippen LogP contribution is -2.36. The third-order valence-corrected chi connectivity index (χ3v) is 5.67. The van der Waals surface area contributed by atoms with Crippen LogP contribution in [0.15, 0.2) is 60.9 Å². The largest absolute Gasteiger partial charge is 0.325 e. The van der Waals surface area contributed by atoms with Gasteiger partial charge in [-0.1, -0.05) is 24.3 Å². The van der Waals surface area contributed by atoms with E-state index in [9.17, 15) is 4.79 Å². The van der Waals surface area contributed by atoms with Crippen LogP contribution in [-0.4, -0.2) is 40.2 Å². The first-order valence-corrected chi connectivity index (χ1v) is 10.4. The van der Waals surface area contributed by atoms with Crippen molar-refractivity contribution in [3.05, 3.63) is 83.2 Å². The Kier molecular flexibility index (Phi) is 5.81. The van der Waals surface area contributed by atoms with Gasteiger partial charge in [-0.3, -0.25) is 9.69 Å². The summed E-state index contributed by atoms with van der Waals surface area (Å²) >= 11 is 0. The minimum absolute atomic E-state index is 0.0278. The lowest BCUT2D eigenvalue weighted by atomic mass is 10.0. The van der Waals surface area contributed by atoms with Crippen molar-refractivity contribution in [2.75, 3.05) is 25.0 Å². The molecular weight excluding hydrogens is 372 g/mol. The molecule has 0 atom stereocenters. The molecule has 30 heavy (non-hydrogen) atoms. The Bertz CT molecular complexity index is 1100. The van der Waals surface area contributed by atoms with Gasteiger partial charge in [0.05, 0.1) is 18.4 Å². The second-order valence-electron chi connectivity index (χ2n) is 8.07. The standard InChI is InChI=1S/C25H28N4O/c1-18-5-4-6-23(13-18)27-25(30)17-28-11-9-21(10-12-28)22-15-26-29(16-22)24-8-7-19(2)20(3)14-24/h4-9,13-16H,10-12,17H2,1-3H3,(H,27,30). The smallest absolute Gasteiger partial charge is 0.238 e. The molecule has 1 N–H and O–H groups in total. The first-order chi connectivity index (χ1) is 14.5. The first kappa shape index (κ1) is 20.1. The van der Waals surface area contributed by atoms with Crippen LogP contribution >= 0.6 is 0 Å². The topological polar surface area (TPSA) is 50.2 Å². The Morgan fingerprint density at radius 2 is 1.97 bits per heavy atom. The van der Waals surface area contributed by atoms with Crippen LogP contribution in [0.4, 0.5) is 5.69 Å². The molecule has 154 valence electrons. The summed E-state index contributed by atoms with van der Waals surface area (Å²) in [5, 5.41) is 7.54. The zero-order valence-electron chi connectivity index (χ0n) is 17.9. The maximum atomic E-state index is 12.4. The highest BCUT2D eigenvalue weighted by molar-refractivity contribution is 5.92. The van der Waals surface area contributed by atoms with Gasteiger partial charge in [-0.15, -0.1) is 0 Å². The summed E-state index contributed by atoms with van der Waals surface area (Å²) in [5.41, 5.74) is 8.06. The van der Waals surface area contributed by atoms with Crippen molar-refractivity contribution in [1.29, 1.82) is 0 Å². The highest BCUT2D eigenvalue weighted by Crippen LogP contribution is 2.23. The number of hydrogen-bond donors (Lipinski definition) is 1.